The highest BCUT2D eigenvalue weighted by molar-refractivity contribution is 9.10. The molecule has 2 atom stereocenters. The molecule has 0 aromatic heterocycles. The smallest absolute Gasteiger partial charge is 0.183 e. The van der Waals surface area contributed by atoms with Crippen LogP contribution < -0.4 is 5.73 Å². The average Bonchev–Trinajstić information content (AvgIpc) is 2.89. The van der Waals surface area contributed by atoms with Crippen molar-refractivity contribution >= 4 is 43.2 Å². The first kappa shape index (κ1) is 15.6. The van der Waals surface area contributed by atoms with Crippen molar-refractivity contribution < 1.29 is 13.2 Å². The van der Waals surface area contributed by atoms with E-state index in [1.54, 1.807) is 18.2 Å². The van der Waals surface area contributed by atoms with Crippen LogP contribution in [0, 0.1) is 0 Å². The molecule has 1 spiro atoms. The van der Waals surface area contributed by atoms with Crippen molar-refractivity contribution in [3.8, 4) is 0 Å². The van der Waals surface area contributed by atoms with Crippen LogP contribution in [-0.4, -0.2) is 37.4 Å². The zero-order valence-electron chi connectivity index (χ0n) is 11.5. The maximum Gasteiger partial charge on any atom is 0.183 e. The van der Waals surface area contributed by atoms with E-state index in [0.717, 1.165) is 22.4 Å². The summed E-state index contributed by atoms with van der Waals surface area (Å²) in [4.78, 5) is 0.240. The van der Waals surface area contributed by atoms with Crippen LogP contribution >= 0.6 is 27.7 Å². The van der Waals surface area contributed by atoms with Crippen LogP contribution in [0.1, 0.15) is 19.3 Å². The molecule has 21 heavy (non-hydrogen) atoms. The van der Waals surface area contributed by atoms with Crippen molar-refractivity contribution in [2.75, 3.05) is 23.8 Å². The lowest BCUT2D eigenvalue weighted by atomic mass is 9.93. The summed E-state index contributed by atoms with van der Waals surface area (Å²) in [6.07, 6.45) is 2.06. The zero-order chi connectivity index (χ0) is 15.1. The molecule has 4 nitrogen and oxygen atoms in total. The summed E-state index contributed by atoms with van der Waals surface area (Å²) in [6.45, 7) is 0.512. The topological polar surface area (TPSA) is 69.4 Å². The van der Waals surface area contributed by atoms with Crippen LogP contribution in [0.5, 0.6) is 0 Å². The van der Waals surface area contributed by atoms with Crippen LogP contribution in [-0.2, 0) is 14.6 Å². The molecule has 7 heteroatoms. The molecule has 3 rings (SSSR count). The van der Waals surface area contributed by atoms with Gasteiger partial charge in [0.15, 0.2) is 9.84 Å². The third kappa shape index (κ3) is 2.98. The molecule has 2 aliphatic heterocycles. The third-order valence-electron chi connectivity index (χ3n) is 4.24. The van der Waals surface area contributed by atoms with Crippen LogP contribution in [0.3, 0.4) is 0 Å². The minimum atomic E-state index is -3.42. The Morgan fingerprint density at radius 1 is 1.43 bits per heavy atom. The number of hydrogen-bond donors (Lipinski definition) is 1. The van der Waals surface area contributed by atoms with Crippen LogP contribution in [0.4, 0.5) is 5.69 Å². The number of ether oxygens (including phenoxy) is 1. The molecule has 116 valence electrons. The monoisotopic (exact) mass is 391 g/mol. The first-order valence-electron chi connectivity index (χ1n) is 6.94. The number of anilines is 1. The van der Waals surface area contributed by atoms with Crippen LogP contribution in [0.15, 0.2) is 27.6 Å². The molecule has 0 bridgehead atoms. The molecular weight excluding hydrogens is 374 g/mol. The van der Waals surface area contributed by atoms with Gasteiger partial charge < -0.3 is 10.5 Å². The molecule has 2 unspecified atom stereocenters. The van der Waals surface area contributed by atoms with Crippen LogP contribution in [0.2, 0.25) is 0 Å². The molecule has 0 saturated carbocycles. The molecule has 2 saturated heterocycles. The fourth-order valence-electron chi connectivity index (χ4n) is 3.05. The summed E-state index contributed by atoms with van der Waals surface area (Å²) >= 11 is 5.17. The van der Waals surface area contributed by atoms with E-state index in [2.05, 4.69) is 15.9 Å². The van der Waals surface area contributed by atoms with Crippen molar-refractivity contribution in [1.82, 2.24) is 0 Å². The molecule has 1 aromatic carbocycles. The van der Waals surface area contributed by atoms with Crippen molar-refractivity contribution in [2.45, 2.75) is 35.0 Å². The Bertz CT molecular complexity index is 642. The second-order valence-electron chi connectivity index (χ2n) is 5.68. The highest BCUT2D eigenvalue weighted by atomic mass is 79.9. The van der Waals surface area contributed by atoms with Gasteiger partial charge in [-0.3, -0.25) is 0 Å². The fraction of sp³-hybridized carbons (Fsp3) is 0.571. The zero-order valence-corrected chi connectivity index (χ0v) is 14.8. The maximum atomic E-state index is 12.9. The molecule has 2 fully saturated rings. The van der Waals surface area contributed by atoms with E-state index >= 15 is 0 Å². The fourth-order valence-corrected chi connectivity index (χ4v) is 6.91. The number of rotatable bonds is 2. The van der Waals surface area contributed by atoms with Gasteiger partial charge in [-0.2, -0.15) is 11.8 Å². The number of halogens is 1. The first-order valence-corrected chi connectivity index (χ1v) is 10.4. The van der Waals surface area contributed by atoms with E-state index < -0.39 is 15.1 Å². The van der Waals surface area contributed by atoms with Gasteiger partial charge in [-0.05, 0) is 43.2 Å². The molecule has 2 N–H and O–H groups in total. The lowest BCUT2D eigenvalue weighted by Gasteiger charge is -2.37. The van der Waals surface area contributed by atoms with Crippen molar-refractivity contribution in [2.24, 2.45) is 0 Å². The molecule has 2 heterocycles. The Kier molecular flexibility index (Phi) is 4.29. The lowest BCUT2D eigenvalue weighted by Crippen LogP contribution is -2.44. The normalized spacial score (nSPS) is 29.9. The van der Waals surface area contributed by atoms with Gasteiger partial charge in [0.05, 0.1) is 21.4 Å². The summed E-state index contributed by atoms with van der Waals surface area (Å²) in [5, 5.41) is -0.401. The molecular formula is C14H18BrNO3S2. The summed E-state index contributed by atoms with van der Waals surface area (Å²) in [5.74, 6) is 1.94. The Hall–Kier alpha value is -0.240. The number of sulfone groups is 1. The second-order valence-corrected chi connectivity index (χ2v) is 9.89. The van der Waals surface area contributed by atoms with E-state index in [1.165, 1.54) is 0 Å². The number of nitrogen functional groups attached to an aromatic ring is 1. The number of hydrogen-bond acceptors (Lipinski definition) is 5. The van der Waals surface area contributed by atoms with Crippen LogP contribution in [0.25, 0.3) is 0 Å². The maximum absolute atomic E-state index is 12.9. The van der Waals surface area contributed by atoms with Gasteiger partial charge in [0, 0.05) is 16.8 Å². The van der Waals surface area contributed by atoms with Gasteiger partial charge in [0.1, 0.15) is 0 Å². The minimum absolute atomic E-state index is 0.240. The molecule has 0 aliphatic carbocycles. The number of thioether (sulfide) groups is 1. The third-order valence-corrected chi connectivity index (χ3v) is 8.20. The number of nitrogens with two attached hydrogens (primary N) is 1. The van der Waals surface area contributed by atoms with Gasteiger partial charge in [-0.15, -0.1) is 0 Å². The summed E-state index contributed by atoms with van der Waals surface area (Å²) in [5.41, 5.74) is 5.96. The molecule has 2 aliphatic rings. The minimum Gasteiger partial charge on any atom is -0.398 e. The van der Waals surface area contributed by atoms with Gasteiger partial charge in [0.2, 0.25) is 0 Å². The Morgan fingerprint density at radius 3 is 2.95 bits per heavy atom. The summed E-state index contributed by atoms with van der Waals surface area (Å²) in [7, 11) is -3.42. The average molecular weight is 392 g/mol. The largest absolute Gasteiger partial charge is 0.398 e. The van der Waals surface area contributed by atoms with Crippen molar-refractivity contribution in [1.29, 1.82) is 0 Å². The summed E-state index contributed by atoms with van der Waals surface area (Å²) < 4.78 is 32.5. The Morgan fingerprint density at radius 2 is 2.24 bits per heavy atom. The van der Waals surface area contributed by atoms with E-state index in [4.69, 9.17) is 10.5 Å². The predicted molar refractivity (Wildman–Crippen MR) is 89.4 cm³/mol. The van der Waals surface area contributed by atoms with Gasteiger partial charge in [0.25, 0.3) is 0 Å². The van der Waals surface area contributed by atoms with Crippen molar-refractivity contribution in [3.63, 3.8) is 0 Å². The van der Waals surface area contributed by atoms with E-state index in [9.17, 15) is 8.42 Å². The lowest BCUT2D eigenvalue weighted by molar-refractivity contribution is -0.0572. The van der Waals surface area contributed by atoms with E-state index in [0.29, 0.717) is 25.1 Å². The highest BCUT2D eigenvalue weighted by Gasteiger charge is 2.45. The van der Waals surface area contributed by atoms with Gasteiger partial charge in [-0.25, -0.2) is 8.42 Å². The van der Waals surface area contributed by atoms with E-state index in [1.807, 2.05) is 11.8 Å². The van der Waals surface area contributed by atoms with E-state index in [-0.39, 0.29) is 10.5 Å². The van der Waals surface area contributed by atoms with Gasteiger partial charge in [-0.1, -0.05) is 15.9 Å². The second kappa shape index (κ2) is 5.76. The molecule has 0 amide bonds. The number of benzene rings is 1. The summed E-state index contributed by atoms with van der Waals surface area (Å²) in [6, 6.07) is 5.00. The molecule has 1 aromatic rings. The quantitative estimate of drug-likeness (QED) is 0.784. The standard InChI is InChI=1S/C14H18BrNO3S2/c15-10-1-2-12(16)13(7-10)21(17,18)11-3-5-19-14(8-11)4-6-20-9-14/h1-2,7,11H,3-6,8-9,16H2. The van der Waals surface area contributed by atoms with Gasteiger partial charge >= 0.3 is 0 Å². The first-order chi connectivity index (χ1) is 9.93. The SMILES string of the molecule is Nc1ccc(Br)cc1S(=O)(=O)C1CCOC2(CCSC2)C1. The predicted octanol–water partition coefficient (Wildman–Crippen LogP) is 2.86. The molecule has 0 radical (unpaired) electrons. The Labute approximate surface area is 137 Å². The Balaban J connectivity index is 1.92. The highest BCUT2D eigenvalue weighted by Crippen LogP contribution is 2.41. The van der Waals surface area contributed by atoms with Crippen molar-refractivity contribution in [3.05, 3.63) is 22.7 Å².